The number of amides is 2. The van der Waals surface area contributed by atoms with Gasteiger partial charge >= 0.3 is 0 Å². The molecular weight excluding hydrogens is 363 g/mol. The SMILES string of the molecule is CCN(CC)C(=O)Sc1ccc(Cl)cc1C(=O)Nc1cccc(F)c1. The van der Waals surface area contributed by atoms with Crippen molar-refractivity contribution in [1.29, 1.82) is 0 Å². The molecule has 132 valence electrons. The summed E-state index contributed by atoms with van der Waals surface area (Å²) in [6, 6.07) is 10.3. The van der Waals surface area contributed by atoms with Gasteiger partial charge in [-0.25, -0.2) is 4.39 Å². The van der Waals surface area contributed by atoms with Gasteiger partial charge < -0.3 is 10.2 Å². The maximum atomic E-state index is 13.3. The maximum absolute atomic E-state index is 13.3. The number of rotatable bonds is 5. The molecule has 2 rings (SSSR count). The summed E-state index contributed by atoms with van der Waals surface area (Å²) in [5, 5.41) is 2.85. The zero-order chi connectivity index (χ0) is 18.4. The molecule has 0 heterocycles. The van der Waals surface area contributed by atoms with E-state index < -0.39 is 11.7 Å². The Kier molecular flexibility index (Phi) is 6.84. The van der Waals surface area contributed by atoms with Crippen LogP contribution >= 0.6 is 23.4 Å². The Bertz CT molecular complexity index is 781. The zero-order valence-electron chi connectivity index (χ0n) is 13.9. The van der Waals surface area contributed by atoms with Crippen LogP contribution in [0.15, 0.2) is 47.4 Å². The lowest BCUT2D eigenvalue weighted by molar-refractivity contribution is 0.102. The van der Waals surface area contributed by atoms with Gasteiger partial charge in [-0.15, -0.1) is 0 Å². The topological polar surface area (TPSA) is 49.4 Å². The number of anilines is 1. The molecule has 0 unspecified atom stereocenters. The molecule has 2 aromatic carbocycles. The third-order valence-electron chi connectivity index (χ3n) is 3.49. The Morgan fingerprint density at radius 1 is 1.16 bits per heavy atom. The van der Waals surface area contributed by atoms with Gasteiger partial charge in [0.2, 0.25) is 0 Å². The van der Waals surface area contributed by atoms with Crippen molar-refractivity contribution in [2.45, 2.75) is 18.7 Å². The van der Waals surface area contributed by atoms with Gasteiger partial charge in [-0.3, -0.25) is 9.59 Å². The van der Waals surface area contributed by atoms with Crippen LogP contribution in [-0.2, 0) is 0 Å². The molecule has 0 atom stereocenters. The molecule has 0 spiro atoms. The monoisotopic (exact) mass is 380 g/mol. The minimum Gasteiger partial charge on any atom is -0.334 e. The number of halogens is 2. The van der Waals surface area contributed by atoms with Gasteiger partial charge in [0.05, 0.1) is 5.56 Å². The van der Waals surface area contributed by atoms with Crippen LogP contribution in [-0.4, -0.2) is 29.1 Å². The molecule has 7 heteroatoms. The molecule has 4 nitrogen and oxygen atoms in total. The van der Waals surface area contributed by atoms with E-state index in [4.69, 9.17) is 11.6 Å². The lowest BCUT2D eigenvalue weighted by atomic mass is 10.2. The Balaban J connectivity index is 2.25. The highest BCUT2D eigenvalue weighted by atomic mass is 35.5. The Morgan fingerprint density at radius 3 is 2.52 bits per heavy atom. The standard InChI is InChI=1S/C18H18ClFN2O2S/c1-3-22(4-2)18(24)25-16-9-8-12(19)10-15(16)17(23)21-14-7-5-6-13(20)11-14/h5-11H,3-4H2,1-2H3,(H,21,23). The summed E-state index contributed by atoms with van der Waals surface area (Å²) in [5.41, 5.74) is 0.596. The molecule has 0 radical (unpaired) electrons. The molecule has 0 fully saturated rings. The highest BCUT2D eigenvalue weighted by Gasteiger charge is 2.18. The molecule has 1 N–H and O–H groups in total. The van der Waals surface area contributed by atoms with Crippen molar-refractivity contribution < 1.29 is 14.0 Å². The van der Waals surface area contributed by atoms with Crippen LogP contribution in [0.4, 0.5) is 14.9 Å². The third-order valence-corrected chi connectivity index (χ3v) is 4.73. The van der Waals surface area contributed by atoms with Crippen molar-refractivity contribution in [3.63, 3.8) is 0 Å². The molecule has 25 heavy (non-hydrogen) atoms. The number of nitrogens with zero attached hydrogens (tertiary/aromatic N) is 1. The number of thioether (sulfide) groups is 1. The van der Waals surface area contributed by atoms with E-state index in [9.17, 15) is 14.0 Å². The summed E-state index contributed by atoms with van der Waals surface area (Å²) >= 11 is 6.97. The van der Waals surface area contributed by atoms with Crippen molar-refractivity contribution >= 4 is 40.2 Å². The van der Waals surface area contributed by atoms with Gasteiger partial charge in [-0.1, -0.05) is 17.7 Å². The Labute approximate surface area is 155 Å². The summed E-state index contributed by atoms with van der Waals surface area (Å²) in [6.45, 7) is 4.95. The number of carbonyl (C=O) groups is 2. The number of benzene rings is 2. The molecule has 0 aliphatic heterocycles. The third kappa shape index (κ3) is 5.21. The molecule has 0 bridgehead atoms. The summed E-state index contributed by atoms with van der Waals surface area (Å²) < 4.78 is 13.3. The van der Waals surface area contributed by atoms with E-state index in [0.29, 0.717) is 28.7 Å². The first-order valence-corrected chi connectivity index (χ1v) is 8.97. The predicted molar refractivity (Wildman–Crippen MR) is 100.0 cm³/mol. The van der Waals surface area contributed by atoms with E-state index in [2.05, 4.69) is 5.32 Å². The van der Waals surface area contributed by atoms with Crippen molar-refractivity contribution in [2.75, 3.05) is 18.4 Å². The molecule has 0 aromatic heterocycles. The number of nitrogens with one attached hydrogen (secondary N) is 1. The van der Waals surface area contributed by atoms with Crippen LogP contribution < -0.4 is 5.32 Å². The first-order chi connectivity index (χ1) is 11.9. The molecule has 2 amide bonds. The fourth-order valence-corrected chi connectivity index (χ4v) is 3.32. The van der Waals surface area contributed by atoms with Crippen LogP contribution in [0.25, 0.3) is 0 Å². The summed E-state index contributed by atoms with van der Waals surface area (Å²) in [6.07, 6.45) is 0. The largest absolute Gasteiger partial charge is 0.334 e. The van der Waals surface area contributed by atoms with Crippen LogP contribution in [0.2, 0.25) is 5.02 Å². The molecule has 0 aliphatic carbocycles. The molecule has 0 saturated heterocycles. The molecule has 0 aliphatic rings. The fraction of sp³-hybridized carbons (Fsp3) is 0.222. The van der Waals surface area contributed by atoms with Crippen molar-refractivity contribution in [2.24, 2.45) is 0 Å². The van der Waals surface area contributed by atoms with Crippen LogP contribution in [0.1, 0.15) is 24.2 Å². The highest BCUT2D eigenvalue weighted by molar-refractivity contribution is 8.13. The summed E-state index contributed by atoms with van der Waals surface area (Å²) in [7, 11) is 0. The van der Waals surface area contributed by atoms with E-state index in [0.717, 1.165) is 11.8 Å². The van der Waals surface area contributed by atoms with Crippen molar-refractivity contribution in [3.05, 3.63) is 58.9 Å². The van der Waals surface area contributed by atoms with Crippen molar-refractivity contribution in [3.8, 4) is 0 Å². The van der Waals surface area contributed by atoms with Crippen LogP contribution in [0.3, 0.4) is 0 Å². The van der Waals surface area contributed by atoms with Gasteiger partial charge in [0.25, 0.3) is 11.1 Å². The Hall–Kier alpha value is -2.05. The quantitative estimate of drug-likeness (QED) is 0.717. The fourth-order valence-electron chi connectivity index (χ4n) is 2.17. The average molecular weight is 381 g/mol. The van der Waals surface area contributed by atoms with Crippen LogP contribution in [0, 0.1) is 5.82 Å². The zero-order valence-corrected chi connectivity index (χ0v) is 15.5. The minimum absolute atomic E-state index is 0.146. The van der Waals surface area contributed by atoms with Gasteiger partial charge in [0.1, 0.15) is 5.82 Å². The first kappa shape index (κ1) is 19.3. The van der Waals surface area contributed by atoms with E-state index in [-0.39, 0.29) is 10.8 Å². The van der Waals surface area contributed by atoms with Crippen molar-refractivity contribution in [1.82, 2.24) is 4.90 Å². The van der Waals surface area contributed by atoms with Gasteiger partial charge in [0, 0.05) is 28.7 Å². The second kappa shape index (κ2) is 8.87. The number of hydrogen-bond donors (Lipinski definition) is 1. The van der Waals surface area contributed by atoms with Crippen LogP contribution in [0.5, 0.6) is 0 Å². The van der Waals surface area contributed by atoms with E-state index in [1.807, 2.05) is 13.8 Å². The van der Waals surface area contributed by atoms with Gasteiger partial charge in [-0.05, 0) is 62.0 Å². The second-order valence-electron chi connectivity index (χ2n) is 5.15. The number of carbonyl (C=O) groups excluding carboxylic acids is 2. The number of hydrogen-bond acceptors (Lipinski definition) is 3. The lowest BCUT2D eigenvalue weighted by Gasteiger charge is -2.18. The normalized spacial score (nSPS) is 10.4. The molecule has 2 aromatic rings. The molecule has 0 saturated carbocycles. The van der Waals surface area contributed by atoms with E-state index >= 15 is 0 Å². The van der Waals surface area contributed by atoms with Gasteiger partial charge in [-0.2, -0.15) is 0 Å². The highest BCUT2D eigenvalue weighted by Crippen LogP contribution is 2.28. The summed E-state index contributed by atoms with van der Waals surface area (Å²) in [4.78, 5) is 27.0. The first-order valence-electron chi connectivity index (χ1n) is 7.77. The average Bonchev–Trinajstić information content (AvgIpc) is 2.57. The van der Waals surface area contributed by atoms with Gasteiger partial charge in [0.15, 0.2) is 0 Å². The molecular formula is C18H18ClFN2O2S. The van der Waals surface area contributed by atoms with E-state index in [1.54, 1.807) is 23.1 Å². The minimum atomic E-state index is -0.456. The predicted octanol–water partition coefficient (Wildman–Crippen LogP) is 5.29. The smallest absolute Gasteiger partial charge is 0.286 e. The van der Waals surface area contributed by atoms with E-state index in [1.165, 1.54) is 24.3 Å². The summed E-state index contributed by atoms with van der Waals surface area (Å²) in [5.74, 6) is -0.904. The Morgan fingerprint density at radius 2 is 1.88 bits per heavy atom. The lowest BCUT2D eigenvalue weighted by Crippen LogP contribution is -2.27. The second-order valence-corrected chi connectivity index (χ2v) is 6.57. The maximum Gasteiger partial charge on any atom is 0.286 e.